The van der Waals surface area contributed by atoms with Gasteiger partial charge in [0.2, 0.25) is 0 Å². The number of benzene rings is 1. The van der Waals surface area contributed by atoms with Gasteiger partial charge in [-0.25, -0.2) is 4.98 Å². The number of imidazole rings is 1. The van der Waals surface area contributed by atoms with Gasteiger partial charge in [-0.2, -0.15) is 0 Å². The van der Waals surface area contributed by atoms with Crippen LogP contribution >= 0.6 is 23.2 Å². The van der Waals surface area contributed by atoms with E-state index in [1.165, 1.54) is 0 Å². The molecule has 0 amide bonds. The van der Waals surface area contributed by atoms with E-state index in [0.29, 0.717) is 22.6 Å². The maximum Gasteiger partial charge on any atom is 0.323 e. The van der Waals surface area contributed by atoms with Crippen LogP contribution in [0.5, 0.6) is 0 Å². The molecule has 0 bridgehead atoms. The van der Waals surface area contributed by atoms with Gasteiger partial charge in [-0.3, -0.25) is 9.69 Å². The number of likely N-dealkylation sites (tertiary alicyclic amines) is 1. The molecule has 0 unspecified atom stereocenters. The molecule has 0 spiro atoms. The summed E-state index contributed by atoms with van der Waals surface area (Å²) in [5.41, 5.74) is 1.85. The van der Waals surface area contributed by atoms with Crippen molar-refractivity contribution in [2.75, 3.05) is 13.7 Å². The second-order valence-corrected chi connectivity index (χ2v) is 7.02. The van der Waals surface area contributed by atoms with E-state index in [-0.39, 0.29) is 18.1 Å². The van der Waals surface area contributed by atoms with E-state index in [0.717, 1.165) is 29.8 Å². The standard InChI is InChI=1S/C16H17Cl2N3O2/c1-3-23-16(22)13-4-8-7-21-12-6-10(18)9(17)5-11(12)19-15(21)14(8)20(13)2/h5-6,8,13-14H,3-4,7H2,1-2H3/t8-,13-,14-/m1/s1. The zero-order chi connectivity index (χ0) is 16.3. The number of aromatic nitrogens is 2. The van der Waals surface area contributed by atoms with Crippen LogP contribution in [-0.2, 0) is 16.1 Å². The summed E-state index contributed by atoms with van der Waals surface area (Å²) in [4.78, 5) is 19.0. The largest absolute Gasteiger partial charge is 0.465 e. The molecule has 122 valence electrons. The predicted octanol–water partition coefficient (Wildman–Crippen LogP) is 3.28. The van der Waals surface area contributed by atoms with Gasteiger partial charge in [0, 0.05) is 12.5 Å². The second kappa shape index (κ2) is 5.36. The van der Waals surface area contributed by atoms with Crippen LogP contribution in [0.2, 0.25) is 10.0 Å². The highest BCUT2D eigenvalue weighted by atomic mass is 35.5. The lowest BCUT2D eigenvalue weighted by Gasteiger charge is -2.22. The third-order valence-corrected chi connectivity index (χ3v) is 5.69. The number of halogens is 2. The summed E-state index contributed by atoms with van der Waals surface area (Å²) in [5, 5.41) is 1.05. The fourth-order valence-electron chi connectivity index (χ4n) is 3.97. The maximum absolute atomic E-state index is 12.1. The normalized spacial score (nSPS) is 26.5. The van der Waals surface area contributed by atoms with Gasteiger partial charge in [-0.1, -0.05) is 23.2 Å². The third-order valence-electron chi connectivity index (χ3n) is 4.96. The molecule has 1 fully saturated rings. The molecule has 2 aromatic rings. The molecule has 3 heterocycles. The molecule has 2 aliphatic heterocycles. The molecule has 1 aromatic heterocycles. The van der Waals surface area contributed by atoms with Gasteiger partial charge < -0.3 is 9.30 Å². The van der Waals surface area contributed by atoms with Gasteiger partial charge in [-0.05, 0) is 32.5 Å². The Morgan fingerprint density at radius 1 is 1.39 bits per heavy atom. The fourth-order valence-corrected chi connectivity index (χ4v) is 4.28. The number of carbonyl (C=O) groups excluding carboxylic acids is 1. The minimum Gasteiger partial charge on any atom is -0.465 e. The number of likely N-dealkylation sites (N-methyl/N-ethyl adjacent to an activating group) is 1. The molecule has 0 saturated carbocycles. The van der Waals surface area contributed by atoms with E-state index in [2.05, 4.69) is 9.47 Å². The highest BCUT2D eigenvalue weighted by Crippen LogP contribution is 2.47. The lowest BCUT2D eigenvalue weighted by molar-refractivity contribution is -0.148. The van der Waals surface area contributed by atoms with Gasteiger partial charge in [0.15, 0.2) is 0 Å². The molecule has 4 rings (SSSR count). The number of nitrogens with zero attached hydrogens (tertiary/aromatic N) is 3. The Hall–Kier alpha value is -1.30. The minimum atomic E-state index is -0.189. The van der Waals surface area contributed by atoms with Crippen LogP contribution in [0.1, 0.15) is 25.2 Å². The number of rotatable bonds is 2. The van der Waals surface area contributed by atoms with Crippen LogP contribution in [0.3, 0.4) is 0 Å². The van der Waals surface area contributed by atoms with Crippen LogP contribution in [0.15, 0.2) is 12.1 Å². The summed E-state index contributed by atoms with van der Waals surface area (Å²) in [5.74, 6) is 1.21. The summed E-state index contributed by atoms with van der Waals surface area (Å²) in [6.45, 7) is 3.09. The van der Waals surface area contributed by atoms with Gasteiger partial charge in [0.05, 0.1) is 33.7 Å². The Labute approximate surface area is 144 Å². The van der Waals surface area contributed by atoms with E-state index < -0.39 is 0 Å². The highest BCUT2D eigenvalue weighted by Gasteiger charge is 2.49. The molecule has 7 heteroatoms. The van der Waals surface area contributed by atoms with Crippen LogP contribution in [0.25, 0.3) is 11.0 Å². The van der Waals surface area contributed by atoms with Crippen molar-refractivity contribution in [2.24, 2.45) is 5.92 Å². The molecule has 2 aliphatic rings. The zero-order valence-corrected chi connectivity index (χ0v) is 14.4. The monoisotopic (exact) mass is 353 g/mol. The second-order valence-electron chi connectivity index (χ2n) is 6.21. The predicted molar refractivity (Wildman–Crippen MR) is 88.8 cm³/mol. The van der Waals surface area contributed by atoms with E-state index in [4.69, 9.17) is 32.9 Å². The molecule has 5 nitrogen and oxygen atoms in total. The zero-order valence-electron chi connectivity index (χ0n) is 12.9. The first-order valence-corrected chi connectivity index (χ1v) is 8.50. The van der Waals surface area contributed by atoms with Gasteiger partial charge in [-0.15, -0.1) is 0 Å². The summed E-state index contributed by atoms with van der Waals surface area (Å²) in [7, 11) is 1.97. The Morgan fingerprint density at radius 2 is 2.13 bits per heavy atom. The van der Waals surface area contributed by atoms with Crippen molar-refractivity contribution in [2.45, 2.75) is 32.0 Å². The minimum absolute atomic E-state index is 0.134. The first-order valence-electron chi connectivity index (χ1n) is 7.75. The van der Waals surface area contributed by atoms with E-state index in [1.54, 1.807) is 6.07 Å². The highest BCUT2D eigenvalue weighted by molar-refractivity contribution is 6.42. The topological polar surface area (TPSA) is 47.4 Å². The van der Waals surface area contributed by atoms with Gasteiger partial charge >= 0.3 is 5.97 Å². The number of hydrogen-bond donors (Lipinski definition) is 0. The Kier molecular flexibility index (Phi) is 3.55. The van der Waals surface area contributed by atoms with Crippen LogP contribution in [0, 0.1) is 5.92 Å². The SMILES string of the molecule is CCOC(=O)[C@H]1C[C@@H]2Cn3c(nc4cc(Cl)c(Cl)cc43)[C@@H]2N1C. The van der Waals surface area contributed by atoms with Crippen LogP contribution in [-0.4, -0.2) is 40.1 Å². The molecule has 23 heavy (non-hydrogen) atoms. The Balaban J connectivity index is 1.73. The summed E-state index contributed by atoms with van der Waals surface area (Å²) in [6.07, 6.45) is 0.798. The summed E-state index contributed by atoms with van der Waals surface area (Å²) >= 11 is 12.2. The van der Waals surface area contributed by atoms with Crippen molar-refractivity contribution in [1.82, 2.24) is 14.5 Å². The van der Waals surface area contributed by atoms with Crippen LogP contribution in [0.4, 0.5) is 0 Å². The Morgan fingerprint density at radius 3 is 2.87 bits per heavy atom. The molecule has 1 saturated heterocycles. The average Bonchev–Trinajstić information content (AvgIpc) is 3.10. The Bertz CT molecular complexity index is 804. The van der Waals surface area contributed by atoms with Crippen molar-refractivity contribution >= 4 is 40.2 Å². The summed E-state index contributed by atoms with van der Waals surface area (Å²) < 4.78 is 7.40. The smallest absolute Gasteiger partial charge is 0.323 e. The van der Waals surface area contributed by atoms with Crippen molar-refractivity contribution in [3.63, 3.8) is 0 Å². The molecular formula is C16H17Cl2N3O2. The maximum atomic E-state index is 12.1. The van der Waals surface area contributed by atoms with Crippen molar-refractivity contribution in [3.05, 3.63) is 28.0 Å². The lowest BCUT2D eigenvalue weighted by atomic mass is 10.0. The average molecular weight is 354 g/mol. The molecule has 0 N–H and O–H groups in total. The number of ether oxygens (including phenoxy) is 1. The lowest BCUT2D eigenvalue weighted by Crippen LogP contribution is -2.36. The first kappa shape index (κ1) is 15.2. The fraction of sp³-hybridized carbons (Fsp3) is 0.500. The van der Waals surface area contributed by atoms with Gasteiger partial charge in [0.1, 0.15) is 11.9 Å². The first-order chi connectivity index (χ1) is 11.0. The quantitative estimate of drug-likeness (QED) is 0.777. The molecular weight excluding hydrogens is 337 g/mol. The van der Waals surface area contributed by atoms with Crippen molar-refractivity contribution < 1.29 is 9.53 Å². The molecule has 3 atom stereocenters. The molecule has 0 radical (unpaired) electrons. The number of esters is 1. The van der Waals surface area contributed by atoms with Crippen molar-refractivity contribution in [3.8, 4) is 0 Å². The summed E-state index contributed by atoms with van der Waals surface area (Å²) in [6, 6.07) is 3.62. The number of hydrogen-bond acceptors (Lipinski definition) is 4. The number of fused-ring (bicyclic) bond motifs is 5. The third kappa shape index (κ3) is 2.17. The van der Waals surface area contributed by atoms with Gasteiger partial charge in [0.25, 0.3) is 0 Å². The molecule has 1 aromatic carbocycles. The molecule has 0 aliphatic carbocycles. The van der Waals surface area contributed by atoms with Crippen molar-refractivity contribution in [1.29, 1.82) is 0 Å². The van der Waals surface area contributed by atoms with Crippen LogP contribution < -0.4 is 0 Å². The van der Waals surface area contributed by atoms with E-state index in [1.807, 2.05) is 20.0 Å². The van der Waals surface area contributed by atoms with E-state index in [9.17, 15) is 4.79 Å². The van der Waals surface area contributed by atoms with E-state index >= 15 is 0 Å². The number of carbonyl (C=O) groups is 1.